The number of carbonyl (C=O) groups excluding carboxylic acids is 1. The first kappa shape index (κ1) is 16.8. The number of halogens is 3. The summed E-state index contributed by atoms with van der Waals surface area (Å²) in [4.78, 5) is 11.4. The zero-order chi connectivity index (χ0) is 13.0. The lowest BCUT2D eigenvalue weighted by Crippen LogP contribution is -2.40. The molecule has 102 valence electrons. The number of rotatable bonds is 4. The van der Waals surface area contributed by atoms with Crippen molar-refractivity contribution in [3.8, 4) is 0 Å². The lowest BCUT2D eigenvalue weighted by atomic mass is 10.0. The highest BCUT2D eigenvalue weighted by Crippen LogP contribution is 2.21. The summed E-state index contributed by atoms with van der Waals surface area (Å²) in [6.45, 7) is 3.31. The largest absolute Gasteiger partial charge is 0.348 e. The molecular weight excluding hydrogens is 262 g/mol. The Kier molecular flexibility index (Phi) is 6.80. The van der Waals surface area contributed by atoms with E-state index in [1.54, 1.807) is 6.92 Å². The van der Waals surface area contributed by atoms with Gasteiger partial charge < -0.3 is 11.1 Å². The molecule has 6 heteroatoms. The molecule has 0 radical (unpaired) electrons. The Morgan fingerprint density at radius 3 is 2.56 bits per heavy atom. The van der Waals surface area contributed by atoms with Crippen LogP contribution in [0.15, 0.2) is 18.2 Å². The van der Waals surface area contributed by atoms with Gasteiger partial charge in [0, 0.05) is 5.56 Å². The smallest absolute Gasteiger partial charge is 0.237 e. The van der Waals surface area contributed by atoms with E-state index in [-0.39, 0.29) is 23.9 Å². The lowest BCUT2D eigenvalue weighted by molar-refractivity contribution is -0.122. The summed E-state index contributed by atoms with van der Waals surface area (Å²) in [6.07, 6.45) is 0.457. The van der Waals surface area contributed by atoms with Gasteiger partial charge in [0.2, 0.25) is 5.91 Å². The van der Waals surface area contributed by atoms with E-state index in [0.29, 0.717) is 6.42 Å². The van der Waals surface area contributed by atoms with Gasteiger partial charge in [-0.2, -0.15) is 0 Å². The molecule has 0 heterocycles. The highest BCUT2D eigenvalue weighted by Gasteiger charge is 2.18. The van der Waals surface area contributed by atoms with Gasteiger partial charge in [-0.1, -0.05) is 6.92 Å². The first-order valence-electron chi connectivity index (χ1n) is 5.46. The Hall–Kier alpha value is -1.20. The van der Waals surface area contributed by atoms with Crippen molar-refractivity contribution in [1.29, 1.82) is 0 Å². The highest BCUT2D eigenvalue weighted by molar-refractivity contribution is 5.85. The number of nitrogens with one attached hydrogen (secondary N) is 1. The zero-order valence-corrected chi connectivity index (χ0v) is 11.1. The van der Waals surface area contributed by atoms with E-state index in [1.165, 1.54) is 6.92 Å². The van der Waals surface area contributed by atoms with Gasteiger partial charge in [0.1, 0.15) is 11.6 Å². The van der Waals surface area contributed by atoms with Gasteiger partial charge in [-0.15, -0.1) is 12.4 Å². The van der Waals surface area contributed by atoms with Crippen molar-refractivity contribution >= 4 is 18.3 Å². The van der Waals surface area contributed by atoms with Crippen LogP contribution in [0.25, 0.3) is 0 Å². The third kappa shape index (κ3) is 4.23. The van der Waals surface area contributed by atoms with E-state index in [0.717, 1.165) is 18.2 Å². The minimum Gasteiger partial charge on any atom is -0.348 e. The molecule has 0 spiro atoms. The Balaban J connectivity index is 0.00000289. The molecule has 1 unspecified atom stereocenters. The van der Waals surface area contributed by atoms with E-state index in [1.807, 2.05) is 0 Å². The molecule has 2 atom stereocenters. The first-order chi connectivity index (χ1) is 7.95. The SMILES string of the molecule is CCC(NC(=O)[C@@H](C)N)c1cc(F)ccc1F.Cl. The summed E-state index contributed by atoms with van der Waals surface area (Å²) in [5.41, 5.74) is 5.55. The fraction of sp³-hybridized carbons (Fsp3) is 0.417. The fourth-order valence-corrected chi connectivity index (χ4v) is 1.48. The molecule has 1 amide bonds. The Bertz CT molecular complexity index is 413. The summed E-state index contributed by atoms with van der Waals surface area (Å²) < 4.78 is 26.5. The summed E-state index contributed by atoms with van der Waals surface area (Å²) in [5, 5.41) is 2.58. The highest BCUT2D eigenvalue weighted by atomic mass is 35.5. The second-order valence-electron chi connectivity index (χ2n) is 3.92. The van der Waals surface area contributed by atoms with Crippen LogP contribution < -0.4 is 11.1 Å². The van der Waals surface area contributed by atoms with Crippen LogP contribution in [-0.4, -0.2) is 11.9 Å². The maximum atomic E-state index is 13.5. The zero-order valence-electron chi connectivity index (χ0n) is 10.2. The second-order valence-corrected chi connectivity index (χ2v) is 3.92. The van der Waals surface area contributed by atoms with Gasteiger partial charge in [0.15, 0.2) is 0 Å². The van der Waals surface area contributed by atoms with Gasteiger partial charge in [0.05, 0.1) is 12.1 Å². The molecular formula is C12H17ClF2N2O. The van der Waals surface area contributed by atoms with Crippen LogP contribution in [-0.2, 0) is 4.79 Å². The topological polar surface area (TPSA) is 55.1 Å². The number of benzene rings is 1. The van der Waals surface area contributed by atoms with Gasteiger partial charge in [-0.25, -0.2) is 8.78 Å². The van der Waals surface area contributed by atoms with Crippen molar-refractivity contribution < 1.29 is 13.6 Å². The van der Waals surface area contributed by atoms with Gasteiger partial charge in [-0.3, -0.25) is 4.79 Å². The summed E-state index contributed by atoms with van der Waals surface area (Å²) in [5.74, 6) is -1.46. The number of nitrogens with two attached hydrogens (primary N) is 1. The molecule has 1 aromatic rings. The Morgan fingerprint density at radius 2 is 2.06 bits per heavy atom. The summed E-state index contributed by atoms with van der Waals surface area (Å²) in [7, 11) is 0. The van der Waals surface area contributed by atoms with E-state index in [9.17, 15) is 13.6 Å². The molecule has 0 aliphatic rings. The maximum absolute atomic E-state index is 13.5. The minimum atomic E-state index is -0.680. The van der Waals surface area contributed by atoms with Crippen LogP contribution in [0.3, 0.4) is 0 Å². The quantitative estimate of drug-likeness (QED) is 0.888. The lowest BCUT2D eigenvalue weighted by Gasteiger charge is -2.19. The molecule has 0 aromatic heterocycles. The van der Waals surface area contributed by atoms with Crippen molar-refractivity contribution in [2.75, 3.05) is 0 Å². The maximum Gasteiger partial charge on any atom is 0.237 e. The second kappa shape index (κ2) is 7.28. The molecule has 18 heavy (non-hydrogen) atoms. The van der Waals surface area contributed by atoms with E-state index in [2.05, 4.69) is 5.32 Å². The Labute approximate surface area is 111 Å². The van der Waals surface area contributed by atoms with Crippen LogP contribution in [0.1, 0.15) is 31.9 Å². The normalized spacial score (nSPS) is 13.4. The standard InChI is InChI=1S/C12H16F2N2O.ClH/c1-3-11(16-12(17)7(2)15)9-6-8(13)4-5-10(9)14;/h4-7,11H,3,15H2,1-2H3,(H,16,17);1H/t7-,11?;/m1./s1. The molecule has 0 saturated heterocycles. The molecule has 0 saturated carbocycles. The molecule has 1 aromatic carbocycles. The number of hydrogen-bond acceptors (Lipinski definition) is 2. The third-order valence-corrected chi connectivity index (χ3v) is 2.47. The van der Waals surface area contributed by atoms with E-state index < -0.39 is 23.7 Å². The molecule has 0 fully saturated rings. The molecule has 0 aliphatic heterocycles. The van der Waals surface area contributed by atoms with Gasteiger partial charge in [-0.05, 0) is 31.5 Å². The third-order valence-electron chi connectivity index (χ3n) is 2.47. The molecule has 0 bridgehead atoms. The minimum absolute atomic E-state index is 0. The van der Waals surface area contributed by atoms with E-state index >= 15 is 0 Å². The average molecular weight is 279 g/mol. The van der Waals surface area contributed by atoms with Crippen molar-refractivity contribution in [2.45, 2.75) is 32.4 Å². The average Bonchev–Trinajstić information content (AvgIpc) is 2.29. The van der Waals surface area contributed by atoms with Gasteiger partial charge in [0.25, 0.3) is 0 Å². The van der Waals surface area contributed by atoms with Crippen molar-refractivity contribution in [3.05, 3.63) is 35.4 Å². The predicted molar refractivity (Wildman–Crippen MR) is 68.4 cm³/mol. The summed E-state index contributed by atoms with van der Waals surface area (Å²) in [6, 6.07) is 1.93. The van der Waals surface area contributed by atoms with Crippen molar-refractivity contribution in [3.63, 3.8) is 0 Å². The van der Waals surface area contributed by atoms with Crippen LogP contribution >= 0.6 is 12.4 Å². The monoisotopic (exact) mass is 278 g/mol. The fourth-order valence-electron chi connectivity index (χ4n) is 1.48. The van der Waals surface area contributed by atoms with E-state index in [4.69, 9.17) is 5.73 Å². The van der Waals surface area contributed by atoms with Gasteiger partial charge >= 0.3 is 0 Å². The molecule has 3 nitrogen and oxygen atoms in total. The van der Waals surface area contributed by atoms with Crippen LogP contribution in [0, 0.1) is 11.6 Å². The number of hydrogen-bond donors (Lipinski definition) is 2. The summed E-state index contributed by atoms with van der Waals surface area (Å²) >= 11 is 0. The van der Waals surface area contributed by atoms with Crippen LogP contribution in [0.5, 0.6) is 0 Å². The van der Waals surface area contributed by atoms with Crippen molar-refractivity contribution in [1.82, 2.24) is 5.32 Å². The number of carbonyl (C=O) groups is 1. The molecule has 0 aliphatic carbocycles. The predicted octanol–water partition coefficient (Wildman–Crippen LogP) is 2.30. The molecule has 1 rings (SSSR count). The van der Waals surface area contributed by atoms with Crippen molar-refractivity contribution in [2.24, 2.45) is 5.73 Å². The molecule has 3 N–H and O–H groups in total. The Morgan fingerprint density at radius 1 is 1.44 bits per heavy atom. The van der Waals surface area contributed by atoms with Crippen LogP contribution in [0.4, 0.5) is 8.78 Å². The number of amides is 1. The first-order valence-corrected chi connectivity index (χ1v) is 5.46. The van der Waals surface area contributed by atoms with Crippen LogP contribution in [0.2, 0.25) is 0 Å².